The number of nitrogens with one attached hydrogen (secondary N) is 3. The van der Waals surface area contributed by atoms with Crippen molar-refractivity contribution in [1.82, 2.24) is 0 Å². The van der Waals surface area contributed by atoms with Gasteiger partial charge in [-0.3, -0.25) is 9.59 Å². The molecular formula is C16H17N3O3. The van der Waals surface area contributed by atoms with Crippen LogP contribution in [-0.4, -0.2) is 23.3 Å². The number of hydrogen-bond acceptors (Lipinski definition) is 3. The summed E-state index contributed by atoms with van der Waals surface area (Å²) in [6, 6.07) is 16.0. The van der Waals surface area contributed by atoms with E-state index in [1.807, 2.05) is 54.6 Å². The first-order chi connectivity index (χ1) is 10.2. The van der Waals surface area contributed by atoms with Crippen molar-refractivity contribution in [3.63, 3.8) is 0 Å². The monoisotopic (exact) mass is 299 g/mol. The molecule has 0 aliphatic carbocycles. The number of para-hydroxylation sites is 3. The van der Waals surface area contributed by atoms with Gasteiger partial charge in [0.05, 0.1) is 17.8 Å². The molecule has 1 heterocycles. The zero-order chi connectivity index (χ0) is 14.7. The number of rotatable bonds is 3. The number of benzene rings is 2. The van der Waals surface area contributed by atoms with Gasteiger partial charge in [0.2, 0.25) is 11.8 Å². The van der Waals surface area contributed by atoms with Crippen molar-refractivity contribution >= 4 is 28.9 Å². The van der Waals surface area contributed by atoms with Crippen molar-refractivity contribution in [3.05, 3.63) is 54.6 Å². The van der Waals surface area contributed by atoms with Crippen LogP contribution in [0.25, 0.3) is 0 Å². The number of fused-ring (bicyclic) bond motifs is 1. The molecule has 0 saturated carbocycles. The molecule has 0 bridgehead atoms. The molecule has 2 amide bonds. The lowest BCUT2D eigenvalue weighted by Crippen LogP contribution is -2.41. The fraction of sp³-hybridized carbons (Fsp3) is 0.125. The Morgan fingerprint density at radius 3 is 2.36 bits per heavy atom. The molecule has 0 fully saturated rings. The molecule has 0 radical (unpaired) electrons. The fourth-order valence-corrected chi connectivity index (χ4v) is 2.25. The molecule has 1 atom stereocenters. The second-order valence-electron chi connectivity index (χ2n) is 4.85. The molecule has 0 saturated heterocycles. The highest BCUT2D eigenvalue weighted by atomic mass is 16.2. The van der Waals surface area contributed by atoms with Gasteiger partial charge < -0.3 is 21.4 Å². The highest BCUT2D eigenvalue weighted by Gasteiger charge is 2.27. The third-order valence-electron chi connectivity index (χ3n) is 3.28. The van der Waals surface area contributed by atoms with Gasteiger partial charge in [-0.05, 0) is 24.3 Å². The average Bonchev–Trinajstić information content (AvgIpc) is 2.49. The molecule has 2 aromatic rings. The van der Waals surface area contributed by atoms with E-state index in [1.54, 1.807) is 0 Å². The molecule has 3 rings (SSSR count). The second-order valence-corrected chi connectivity index (χ2v) is 4.85. The fourth-order valence-electron chi connectivity index (χ4n) is 2.25. The summed E-state index contributed by atoms with van der Waals surface area (Å²) in [7, 11) is 0. The summed E-state index contributed by atoms with van der Waals surface area (Å²) < 4.78 is 0. The normalized spacial score (nSPS) is 15.6. The summed E-state index contributed by atoms with van der Waals surface area (Å²) in [5, 5.41) is 8.66. The van der Waals surface area contributed by atoms with Crippen LogP contribution in [0.3, 0.4) is 0 Å². The molecule has 5 N–H and O–H groups in total. The van der Waals surface area contributed by atoms with Gasteiger partial charge in [0.1, 0.15) is 6.04 Å². The van der Waals surface area contributed by atoms with Crippen molar-refractivity contribution in [2.75, 3.05) is 16.0 Å². The van der Waals surface area contributed by atoms with Gasteiger partial charge >= 0.3 is 0 Å². The summed E-state index contributed by atoms with van der Waals surface area (Å²) in [5.41, 5.74) is 2.29. The lowest BCUT2D eigenvalue weighted by Gasteiger charge is -2.26. The number of anilines is 3. The van der Waals surface area contributed by atoms with Crippen LogP contribution in [-0.2, 0) is 9.59 Å². The van der Waals surface area contributed by atoms with Crippen LogP contribution in [0, 0.1) is 0 Å². The quantitative estimate of drug-likeness (QED) is 0.802. The van der Waals surface area contributed by atoms with E-state index in [4.69, 9.17) is 0 Å². The van der Waals surface area contributed by atoms with E-state index in [1.165, 1.54) is 0 Å². The molecule has 22 heavy (non-hydrogen) atoms. The van der Waals surface area contributed by atoms with E-state index in [-0.39, 0.29) is 23.7 Å². The second kappa shape index (κ2) is 6.73. The van der Waals surface area contributed by atoms with Gasteiger partial charge in [-0.15, -0.1) is 0 Å². The van der Waals surface area contributed by atoms with Crippen molar-refractivity contribution in [1.29, 1.82) is 0 Å². The molecule has 1 unspecified atom stereocenters. The van der Waals surface area contributed by atoms with Crippen LogP contribution in [0.15, 0.2) is 54.6 Å². The van der Waals surface area contributed by atoms with Crippen molar-refractivity contribution in [2.24, 2.45) is 0 Å². The maximum atomic E-state index is 12.0. The third-order valence-corrected chi connectivity index (χ3v) is 3.28. The first kappa shape index (κ1) is 15.5. The van der Waals surface area contributed by atoms with Crippen LogP contribution < -0.4 is 16.0 Å². The van der Waals surface area contributed by atoms with Crippen LogP contribution in [0.4, 0.5) is 17.1 Å². The highest BCUT2D eigenvalue weighted by Crippen LogP contribution is 2.26. The molecule has 114 valence electrons. The van der Waals surface area contributed by atoms with Gasteiger partial charge in [-0.25, -0.2) is 0 Å². The number of carbonyl (C=O) groups is 2. The lowest BCUT2D eigenvalue weighted by atomic mass is 10.1. The zero-order valence-electron chi connectivity index (χ0n) is 11.8. The van der Waals surface area contributed by atoms with Crippen LogP contribution in [0.1, 0.15) is 6.42 Å². The summed E-state index contributed by atoms with van der Waals surface area (Å²) in [4.78, 5) is 24.0. The van der Waals surface area contributed by atoms with Crippen molar-refractivity contribution < 1.29 is 15.1 Å². The molecule has 6 heteroatoms. The smallest absolute Gasteiger partial charge is 0.247 e. The Balaban J connectivity index is 0.00000176. The maximum Gasteiger partial charge on any atom is 0.247 e. The van der Waals surface area contributed by atoms with E-state index >= 15 is 0 Å². The maximum absolute atomic E-state index is 12.0. The zero-order valence-corrected chi connectivity index (χ0v) is 11.8. The predicted octanol–water partition coefficient (Wildman–Crippen LogP) is 1.62. The Hall–Kier alpha value is -2.86. The van der Waals surface area contributed by atoms with Crippen LogP contribution in [0.5, 0.6) is 0 Å². The summed E-state index contributed by atoms with van der Waals surface area (Å²) in [5.74, 6) is -0.398. The van der Waals surface area contributed by atoms with E-state index in [0.717, 1.165) is 17.1 Å². The number of hydrogen-bond donors (Lipinski definition) is 3. The minimum absolute atomic E-state index is 0. The largest absolute Gasteiger partial charge is 0.412 e. The van der Waals surface area contributed by atoms with E-state index in [2.05, 4.69) is 16.0 Å². The van der Waals surface area contributed by atoms with E-state index < -0.39 is 6.04 Å². The van der Waals surface area contributed by atoms with Gasteiger partial charge in [-0.2, -0.15) is 0 Å². The molecule has 6 nitrogen and oxygen atoms in total. The Kier molecular flexibility index (Phi) is 4.75. The Morgan fingerprint density at radius 1 is 1.00 bits per heavy atom. The molecule has 0 aromatic heterocycles. The van der Waals surface area contributed by atoms with Gasteiger partial charge in [-0.1, -0.05) is 30.3 Å². The minimum Gasteiger partial charge on any atom is -0.412 e. The first-order valence-electron chi connectivity index (χ1n) is 6.74. The summed E-state index contributed by atoms with van der Waals surface area (Å²) in [6.07, 6.45) is 0.0784. The molecule has 0 spiro atoms. The number of amides is 2. The summed E-state index contributed by atoms with van der Waals surface area (Å²) >= 11 is 0. The number of carbonyl (C=O) groups excluding carboxylic acids is 2. The van der Waals surface area contributed by atoms with Crippen molar-refractivity contribution in [2.45, 2.75) is 12.5 Å². The van der Waals surface area contributed by atoms with E-state index in [9.17, 15) is 9.59 Å². The third kappa shape index (κ3) is 3.42. The SMILES string of the molecule is O.O=C(CC1Nc2ccccc2NC1=O)Nc1ccccc1. The summed E-state index contributed by atoms with van der Waals surface area (Å²) in [6.45, 7) is 0. The molecule has 1 aliphatic heterocycles. The minimum atomic E-state index is -0.566. The highest BCUT2D eigenvalue weighted by molar-refractivity contribution is 6.06. The Bertz CT molecular complexity index is 673. The van der Waals surface area contributed by atoms with Crippen LogP contribution >= 0.6 is 0 Å². The van der Waals surface area contributed by atoms with Crippen molar-refractivity contribution in [3.8, 4) is 0 Å². The predicted molar refractivity (Wildman–Crippen MR) is 85.8 cm³/mol. The molecular weight excluding hydrogens is 282 g/mol. The lowest BCUT2D eigenvalue weighted by molar-refractivity contribution is -0.122. The Morgan fingerprint density at radius 2 is 1.64 bits per heavy atom. The average molecular weight is 299 g/mol. The van der Waals surface area contributed by atoms with Gasteiger partial charge in [0.15, 0.2) is 0 Å². The van der Waals surface area contributed by atoms with Gasteiger partial charge in [0.25, 0.3) is 0 Å². The van der Waals surface area contributed by atoms with E-state index in [0.29, 0.717) is 0 Å². The van der Waals surface area contributed by atoms with Gasteiger partial charge in [0, 0.05) is 5.69 Å². The molecule has 1 aliphatic rings. The topological polar surface area (TPSA) is 102 Å². The first-order valence-corrected chi connectivity index (χ1v) is 6.74. The standard InChI is InChI=1S/C16H15N3O2.H2O/c20-15(17-11-6-2-1-3-7-11)10-14-16(21)19-13-9-5-4-8-12(13)18-14;/h1-9,14,18H,10H2,(H,17,20)(H,19,21);1H2. The molecule has 2 aromatic carbocycles. The Labute approximate surface area is 127 Å². The van der Waals surface area contributed by atoms with Crippen LogP contribution in [0.2, 0.25) is 0 Å².